The van der Waals surface area contributed by atoms with Crippen LogP contribution >= 0.6 is 0 Å². The molecule has 0 saturated carbocycles. The van der Waals surface area contributed by atoms with Crippen LogP contribution in [0.3, 0.4) is 0 Å². The van der Waals surface area contributed by atoms with Crippen LogP contribution in [-0.4, -0.2) is 52.5 Å². The average Bonchev–Trinajstić information content (AvgIpc) is 2.56. The van der Waals surface area contributed by atoms with Crippen molar-refractivity contribution in [3.8, 4) is 0 Å². The lowest BCUT2D eigenvalue weighted by Crippen LogP contribution is -2.63. The Labute approximate surface area is 115 Å². The van der Waals surface area contributed by atoms with Crippen molar-refractivity contribution in [3.63, 3.8) is 0 Å². The van der Waals surface area contributed by atoms with Crippen LogP contribution in [0.25, 0.3) is 0 Å². The highest BCUT2D eigenvalue weighted by molar-refractivity contribution is 6.19. The predicted octanol–water partition coefficient (Wildman–Crippen LogP) is -0.906. The van der Waals surface area contributed by atoms with Gasteiger partial charge in [0.15, 0.2) is 0 Å². The summed E-state index contributed by atoms with van der Waals surface area (Å²) < 4.78 is 0. The molecule has 6 amide bonds. The standard InChI is InChI=1S/C12H15N3O5/c1-5(2)8-9(17)13-12(20)15(11(8)19)6-4-7(16)14(3)10(6)18/h5-6,8H,4H2,1-3H3,(H,13,17,20). The molecule has 0 spiro atoms. The van der Waals surface area contributed by atoms with E-state index in [2.05, 4.69) is 5.32 Å². The predicted molar refractivity (Wildman–Crippen MR) is 64.9 cm³/mol. The number of nitrogens with one attached hydrogen (secondary N) is 1. The molecule has 0 radical (unpaired) electrons. The van der Waals surface area contributed by atoms with Crippen LogP contribution in [0.5, 0.6) is 0 Å². The van der Waals surface area contributed by atoms with Crippen LogP contribution in [0, 0.1) is 11.8 Å². The van der Waals surface area contributed by atoms with Gasteiger partial charge in [-0.2, -0.15) is 0 Å². The van der Waals surface area contributed by atoms with Gasteiger partial charge in [-0.3, -0.25) is 34.3 Å². The lowest BCUT2D eigenvalue weighted by Gasteiger charge is -2.34. The second kappa shape index (κ2) is 4.69. The van der Waals surface area contributed by atoms with Gasteiger partial charge >= 0.3 is 6.03 Å². The quantitative estimate of drug-likeness (QED) is 0.521. The number of hydrogen-bond acceptors (Lipinski definition) is 5. The van der Waals surface area contributed by atoms with Crippen LogP contribution in [0.15, 0.2) is 0 Å². The average molecular weight is 281 g/mol. The SMILES string of the molecule is CC(C)C1C(=O)NC(=O)N(C2CC(=O)N(C)C2=O)C1=O. The van der Waals surface area contributed by atoms with Crippen LogP contribution < -0.4 is 5.32 Å². The van der Waals surface area contributed by atoms with Crippen molar-refractivity contribution < 1.29 is 24.0 Å². The first-order chi connectivity index (χ1) is 9.25. The molecule has 2 saturated heterocycles. The highest BCUT2D eigenvalue weighted by Gasteiger charge is 2.50. The Balaban J connectivity index is 2.33. The normalized spacial score (nSPS) is 27.7. The zero-order chi connectivity index (χ0) is 15.2. The number of hydrogen-bond donors (Lipinski definition) is 1. The van der Waals surface area contributed by atoms with Gasteiger partial charge in [0.1, 0.15) is 12.0 Å². The smallest absolute Gasteiger partial charge is 0.284 e. The number of amides is 6. The molecule has 20 heavy (non-hydrogen) atoms. The molecule has 0 bridgehead atoms. The van der Waals surface area contributed by atoms with Crippen LogP contribution in [0.1, 0.15) is 20.3 Å². The topological polar surface area (TPSA) is 104 Å². The number of carbonyl (C=O) groups excluding carboxylic acids is 5. The Morgan fingerprint density at radius 1 is 1.10 bits per heavy atom. The summed E-state index contributed by atoms with van der Waals surface area (Å²) >= 11 is 0. The van der Waals surface area contributed by atoms with E-state index in [1.54, 1.807) is 13.8 Å². The Bertz CT molecular complexity index is 527. The number of barbiturate groups is 1. The summed E-state index contributed by atoms with van der Waals surface area (Å²) in [5.74, 6) is -3.81. The first kappa shape index (κ1) is 14.2. The van der Waals surface area contributed by atoms with Crippen LogP contribution in [0.2, 0.25) is 0 Å². The van der Waals surface area contributed by atoms with E-state index >= 15 is 0 Å². The van der Waals surface area contributed by atoms with Gasteiger partial charge in [0.2, 0.25) is 17.7 Å². The Morgan fingerprint density at radius 3 is 2.15 bits per heavy atom. The minimum atomic E-state index is -1.16. The maximum atomic E-state index is 12.3. The van der Waals surface area contributed by atoms with E-state index in [0.29, 0.717) is 4.90 Å². The molecule has 0 aromatic rings. The molecule has 0 aromatic heterocycles. The number of imide groups is 3. The molecular formula is C12H15N3O5. The number of urea groups is 1. The highest BCUT2D eigenvalue weighted by atomic mass is 16.2. The van der Waals surface area contributed by atoms with Gasteiger partial charge in [-0.15, -0.1) is 0 Å². The molecule has 2 fully saturated rings. The molecule has 2 aliphatic rings. The summed E-state index contributed by atoms with van der Waals surface area (Å²) in [5.41, 5.74) is 0. The van der Waals surface area contributed by atoms with E-state index in [9.17, 15) is 24.0 Å². The summed E-state index contributed by atoms with van der Waals surface area (Å²) in [5, 5.41) is 2.06. The maximum Gasteiger partial charge on any atom is 0.331 e. The minimum Gasteiger partial charge on any atom is -0.284 e. The third kappa shape index (κ3) is 1.97. The maximum absolute atomic E-state index is 12.3. The Kier molecular flexibility index (Phi) is 3.33. The Morgan fingerprint density at radius 2 is 1.70 bits per heavy atom. The molecule has 0 aromatic carbocycles. The number of nitrogens with zero attached hydrogens (tertiary/aromatic N) is 2. The molecule has 2 atom stereocenters. The molecule has 1 N–H and O–H groups in total. The van der Waals surface area contributed by atoms with Gasteiger partial charge in [0, 0.05) is 7.05 Å². The van der Waals surface area contributed by atoms with Crippen molar-refractivity contribution in [1.82, 2.24) is 15.1 Å². The van der Waals surface area contributed by atoms with E-state index in [-0.39, 0.29) is 12.3 Å². The van der Waals surface area contributed by atoms with Crippen molar-refractivity contribution in [2.45, 2.75) is 26.3 Å². The monoisotopic (exact) mass is 281 g/mol. The van der Waals surface area contributed by atoms with Gasteiger partial charge in [-0.05, 0) is 5.92 Å². The fraction of sp³-hybridized carbons (Fsp3) is 0.583. The largest absolute Gasteiger partial charge is 0.331 e. The first-order valence-electron chi connectivity index (χ1n) is 6.24. The molecule has 2 rings (SSSR count). The van der Waals surface area contributed by atoms with Crippen molar-refractivity contribution >= 4 is 29.7 Å². The molecule has 8 heteroatoms. The van der Waals surface area contributed by atoms with E-state index in [1.807, 2.05) is 0 Å². The number of likely N-dealkylation sites (tertiary alicyclic amines) is 1. The molecule has 2 unspecified atom stereocenters. The molecule has 108 valence electrons. The van der Waals surface area contributed by atoms with Crippen molar-refractivity contribution in [3.05, 3.63) is 0 Å². The zero-order valence-electron chi connectivity index (χ0n) is 11.4. The van der Waals surface area contributed by atoms with Crippen LogP contribution in [-0.2, 0) is 19.2 Å². The first-order valence-corrected chi connectivity index (χ1v) is 6.24. The van der Waals surface area contributed by atoms with Gasteiger partial charge in [-0.1, -0.05) is 13.8 Å². The van der Waals surface area contributed by atoms with Crippen molar-refractivity contribution in [2.24, 2.45) is 11.8 Å². The third-order valence-corrected chi connectivity index (χ3v) is 3.57. The lowest BCUT2D eigenvalue weighted by atomic mass is 9.91. The molecular weight excluding hydrogens is 266 g/mol. The summed E-state index contributed by atoms with van der Waals surface area (Å²) in [4.78, 5) is 60.8. The summed E-state index contributed by atoms with van der Waals surface area (Å²) in [6, 6.07) is -2.10. The third-order valence-electron chi connectivity index (χ3n) is 3.57. The summed E-state index contributed by atoms with van der Waals surface area (Å²) in [7, 11) is 1.29. The lowest BCUT2D eigenvalue weighted by molar-refractivity contribution is -0.149. The van der Waals surface area contributed by atoms with E-state index < -0.39 is 41.6 Å². The molecule has 0 aliphatic carbocycles. The van der Waals surface area contributed by atoms with Crippen LogP contribution in [0.4, 0.5) is 4.79 Å². The Hall–Kier alpha value is -2.25. The van der Waals surface area contributed by atoms with Gasteiger partial charge in [-0.25, -0.2) is 4.79 Å². The highest BCUT2D eigenvalue weighted by Crippen LogP contribution is 2.25. The van der Waals surface area contributed by atoms with Gasteiger partial charge in [0.05, 0.1) is 6.42 Å². The second-order valence-corrected chi connectivity index (χ2v) is 5.24. The molecule has 2 aliphatic heterocycles. The summed E-state index contributed by atoms with van der Waals surface area (Å²) in [6.45, 7) is 3.34. The van der Waals surface area contributed by atoms with E-state index in [0.717, 1.165) is 4.90 Å². The van der Waals surface area contributed by atoms with Crippen molar-refractivity contribution in [2.75, 3.05) is 7.05 Å². The fourth-order valence-electron chi connectivity index (χ4n) is 2.43. The van der Waals surface area contributed by atoms with E-state index in [4.69, 9.17) is 0 Å². The van der Waals surface area contributed by atoms with Gasteiger partial charge in [0.25, 0.3) is 5.91 Å². The fourth-order valence-corrected chi connectivity index (χ4v) is 2.43. The zero-order valence-corrected chi connectivity index (χ0v) is 11.4. The number of likely N-dealkylation sites (N-methyl/N-ethyl adjacent to an activating group) is 1. The van der Waals surface area contributed by atoms with Gasteiger partial charge < -0.3 is 0 Å². The molecule has 8 nitrogen and oxygen atoms in total. The second-order valence-electron chi connectivity index (χ2n) is 5.24. The van der Waals surface area contributed by atoms with Crippen molar-refractivity contribution in [1.29, 1.82) is 0 Å². The number of carbonyl (C=O) groups is 5. The van der Waals surface area contributed by atoms with E-state index in [1.165, 1.54) is 7.05 Å². The number of rotatable bonds is 2. The summed E-state index contributed by atoms with van der Waals surface area (Å²) in [6.07, 6.45) is -0.243. The minimum absolute atomic E-state index is 0.243. The molecule has 2 heterocycles.